The molecule has 0 amide bonds. The van der Waals surface area contributed by atoms with Gasteiger partial charge in [-0.25, -0.2) is 0 Å². The fraction of sp³-hybridized carbons (Fsp3) is 0.222. The lowest BCUT2D eigenvalue weighted by Crippen LogP contribution is -2.23. The van der Waals surface area contributed by atoms with E-state index in [2.05, 4.69) is 4.99 Å². The second-order valence-corrected chi connectivity index (χ2v) is 2.47. The maximum atomic E-state index is 5.34. The summed E-state index contributed by atoms with van der Waals surface area (Å²) in [6.07, 6.45) is 0. The summed E-state index contributed by atoms with van der Waals surface area (Å²) >= 11 is 0. The predicted octanol–water partition coefficient (Wildman–Crippen LogP) is 0.339. The highest BCUT2D eigenvalue weighted by Gasteiger charge is 1.89. The molecule has 0 radical (unpaired) electrons. The van der Waals surface area contributed by atoms with E-state index < -0.39 is 0 Å². The van der Waals surface area contributed by atoms with Crippen LogP contribution in [0.15, 0.2) is 35.3 Å². The molecule has 4 N–H and O–H groups in total. The molecule has 1 rings (SSSR count). The zero-order valence-electron chi connectivity index (χ0n) is 7.31. The highest BCUT2D eigenvalue weighted by Crippen LogP contribution is 2.07. The van der Waals surface area contributed by atoms with Crippen LogP contribution in [-0.2, 0) is 0 Å². The topological polar surface area (TPSA) is 73.6 Å². The smallest absolute Gasteiger partial charge is 0.186 e. The lowest BCUT2D eigenvalue weighted by atomic mass is 10.3. The lowest BCUT2D eigenvalue weighted by molar-refractivity contribution is 0.328. The number of nitrogens with two attached hydrogens (primary N) is 2. The van der Waals surface area contributed by atoms with Crippen LogP contribution in [0, 0.1) is 0 Å². The standard InChI is InChI=1S/C9H13N3O/c10-9(11)12-6-7-13-8-4-2-1-3-5-8/h1-5H,6-7H2,(H4,10,11,12). The quantitative estimate of drug-likeness (QED) is 0.397. The minimum atomic E-state index is 0.0941. The van der Waals surface area contributed by atoms with Crippen molar-refractivity contribution < 1.29 is 4.74 Å². The second-order valence-electron chi connectivity index (χ2n) is 2.47. The first-order chi connectivity index (χ1) is 6.29. The van der Waals surface area contributed by atoms with E-state index in [1.165, 1.54) is 0 Å². The van der Waals surface area contributed by atoms with Crippen molar-refractivity contribution in [1.29, 1.82) is 0 Å². The van der Waals surface area contributed by atoms with E-state index in [9.17, 15) is 0 Å². The molecule has 4 nitrogen and oxygen atoms in total. The summed E-state index contributed by atoms with van der Waals surface area (Å²) < 4.78 is 5.34. The number of ether oxygens (including phenoxy) is 1. The van der Waals surface area contributed by atoms with Crippen LogP contribution in [0.4, 0.5) is 0 Å². The van der Waals surface area contributed by atoms with Crippen LogP contribution in [-0.4, -0.2) is 19.1 Å². The van der Waals surface area contributed by atoms with E-state index in [1.807, 2.05) is 30.3 Å². The Hall–Kier alpha value is -1.71. The normalized spacial score (nSPS) is 9.23. The summed E-state index contributed by atoms with van der Waals surface area (Å²) in [5, 5.41) is 0. The Morgan fingerprint density at radius 2 is 1.92 bits per heavy atom. The molecular weight excluding hydrogens is 166 g/mol. The first-order valence-electron chi connectivity index (χ1n) is 4.02. The molecule has 70 valence electrons. The molecule has 0 aromatic heterocycles. The Labute approximate surface area is 77.2 Å². The van der Waals surface area contributed by atoms with Gasteiger partial charge in [0.15, 0.2) is 5.96 Å². The van der Waals surface area contributed by atoms with Crippen LogP contribution in [0.3, 0.4) is 0 Å². The number of hydrogen-bond donors (Lipinski definition) is 2. The van der Waals surface area contributed by atoms with Crippen molar-refractivity contribution in [3.8, 4) is 5.75 Å². The number of para-hydroxylation sites is 1. The lowest BCUT2D eigenvalue weighted by Gasteiger charge is -2.02. The minimum absolute atomic E-state index is 0.0941. The summed E-state index contributed by atoms with van der Waals surface area (Å²) in [5.74, 6) is 0.921. The molecule has 1 aromatic rings. The number of guanidine groups is 1. The van der Waals surface area contributed by atoms with E-state index in [4.69, 9.17) is 16.2 Å². The van der Waals surface area contributed by atoms with Crippen molar-refractivity contribution in [2.45, 2.75) is 0 Å². The van der Waals surface area contributed by atoms with Crippen LogP contribution in [0.1, 0.15) is 0 Å². The molecule has 13 heavy (non-hydrogen) atoms. The van der Waals surface area contributed by atoms with Crippen molar-refractivity contribution >= 4 is 5.96 Å². The van der Waals surface area contributed by atoms with Crippen molar-refractivity contribution in [2.24, 2.45) is 16.5 Å². The molecule has 0 atom stereocenters. The zero-order chi connectivity index (χ0) is 9.52. The number of nitrogens with zero attached hydrogens (tertiary/aromatic N) is 1. The van der Waals surface area contributed by atoms with Crippen LogP contribution >= 0.6 is 0 Å². The highest BCUT2D eigenvalue weighted by atomic mass is 16.5. The predicted molar refractivity (Wildman–Crippen MR) is 52.6 cm³/mol. The Kier molecular flexibility index (Phi) is 3.63. The molecule has 1 aromatic carbocycles. The average molecular weight is 179 g/mol. The van der Waals surface area contributed by atoms with Gasteiger partial charge in [-0.2, -0.15) is 0 Å². The molecule has 4 heteroatoms. The second kappa shape index (κ2) is 5.03. The van der Waals surface area contributed by atoms with Gasteiger partial charge in [-0.1, -0.05) is 18.2 Å². The van der Waals surface area contributed by atoms with E-state index in [0.29, 0.717) is 13.2 Å². The largest absolute Gasteiger partial charge is 0.492 e. The van der Waals surface area contributed by atoms with Gasteiger partial charge in [0.05, 0.1) is 6.54 Å². The van der Waals surface area contributed by atoms with Gasteiger partial charge >= 0.3 is 0 Å². The first-order valence-corrected chi connectivity index (χ1v) is 4.02. The monoisotopic (exact) mass is 179 g/mol. The van der Waals surface area contributed by atoms with Gasteiger partial charge in [0.25, 0.3) is 0 Å². The summed E-state index contributed by atoms with van der Waals surface area (Å²) in [5.41, 5.74) is 10.3. The van der Waals surface area contributed by atoms with Crippen LogP contribution in [0.2, 0.25) is 0 Å². The Morgan fingerprint density at radius 1 is 1.23 bits per heavy atom. The van der Waals surface area contributed by atoms with Crippen molar-refractivity contribution in [2.75, 3.05) is 13.2 Å². The van der Waals surface area contributed by atoms with Crippen molar-refractivity contribution in [3.63, 3.8) is 0 Å². The molecule has 0 saturated heterocycles. The number of rotatable bonds is 4. The van der Waals surface area contributed by atoms with Crippen molar-refractivity contribution in [3.05, 3.63) is 30.3 Å². The first kappa shape index (κ1) is 9.38. The fourth-order valence-electron chi connectivity index (χ4n) is 0.855. The van der Waals surface area contributed by atoms with E-state index in [1.54, 1.807) is 0 Å². The molecule has 0 spiro atoms. The van der Waals surface area contributed by atoms with Crippen LogP contribution in [0.5, 0.6) is 5.75 Å². The molecule has 0 aliphatic rings. The summed E-state index contributed by atoms with van der Waals surface area (Å²) in [6.45, 7) is 0.971. The van der Waals surface area contributed by atoms with Crippen LogP contribution in [0.25, 0.3) is 0 Å². The maximum absolute atomic E-state index is 5.34. The maximum Gasteiger partial charge on any atom is 0.186 e. The Bertz CT molecular complexity index is 267. The molecule has 0 aliphatic carbocycles. The van der Waals surface area contributed by atoms with Gasteiger partial charge in [-0.05, 0) is 12.1 Å². The molecular formula is C9H13N3O. The fourth-order valence-corrected chi connectivity index (χ4v) is 0.855. The molecule has 0 heterocycles. The Balaban J connectivity index is 2.25. The SMILES string of the molecule is NC(N)=NCCOc1ccccc1. The van der Waals surface area contributed by atoms with Gasteiger partial charge in [0, 0.05) is 0 Å². The van der Waals surface area contributed by atoms with Gasteiger partial charge < -0.3 is 16.2 Å². The van der Waals surface area contributed by atoms with Crippen LogP contribution < -0.4 is 16.2 Å². The van der Waals surface area contributed by atoms with E-state index >= 15 is 0 Å². The Morgan fingerprint density at radius 3 is 2.54 bits per heavy atom. The number of hydrogen-bond acceptors (Lipinski definition) is 2. The summed E-state index contributed by atoms with van der Waals surface area (Å²) in [4.78, 5) is 3.79. The third-order valence-corrected chi connectivity index (χ3v) is 1.40. The third kappa shape index (κ3) is 4.00. The molecule has 0 aliphatic heterocycles. The van der Waals surface area contributed by atoms with Gasteiger partial charge in [-0.15, -0.1) is 0 Å². The van der Waals surface area contributed by atoms with Gasteiger partial charge in [0.2, 0.25) is 0 Å². The summed E-state index contributed by atoms with van der Waals surface area (Å²) in [6, 6.07) is 9.53. The van der Waals surface area contributed by atoms with E-state index in [-0.39, 0.29) is 5.96 Å². The molecule has 0 unspecified atom stereocenters. The summed E-state index contributed by atoms with van der Waals surface area (Å²) in [7, 11) is 0. The van der Waals surface area contributed by atoms with Gasteiger partial charge in [0.1, 0.15) is 12.4 Å². The highest BCUT2D eigenvalue weighted by molar-refractivity contribution is 5.75. The minimum Gasteiger partial charge on any atom is -0.492 e. The van der Waals surface area contributed by atoms with Crippen molar-refractivity contribution in [1.82, 2.24) is 0 Å². The van der Waals surface area contributed by atoms with E-state index in [0.717, 1.165) is 5.75 Å². The average Bonchev–Trinajstić information content (AvgIpc) is 2.14. The van der Waals surface area contributed by atoms with Gasteiger partial charge in [-0.3, -0.25) is 4.99 Å². The number of benzene rings is 1. The molecule has 0 bridgehead atoms. The molecule has 0 fully saturated rings. The zero-order valence-corrected chi connectivity index (χ0v) is 7.31. The number of aliphatic imine (C=N–C) groups is 1. The molecule has 0 saturated carbocycles. The third-order valence-electron chi connectivity index (χ3n) is 1.40.